The van der Waals surface area contributed by atoms with Crippen LogP contribution >= 0.6 is 0 Å². The summed E-state index contributed by atoms with van der Waals surface area (Å²) in [5, 5.41) is 17.5. The molecule has 0 radical (unpaired) electrons. The summed E-state index contributed by atoms with van der Waals surface area (Å²) in [6, 6.07) is 8.75. The zero-order valence-corrected chi connectivity index (χ0v) is 20.9. The van der Waals surface area contributed by atoms with E-state index in [1.54, 1.807) is 16.8 Å². The summed E-state index contributed by atoms with van der Waals surface area (Å²) in [6.07, 6.45) is 0.788. The van der Waals surface area contributed by atoms with Crippen molar-refractivity contribution in [3.63, 3.8) is 0 Å². The molecule has 0 atom stereocenters. The highest BCUT2D eigenvalue weighted by atomic mass is 19.4. The van der Waals surface area contributed by atoms with Gasteiger partial charge in [-0.1, -0.05) is 0 Å². The van der Waals surface area contributed by atoms with E-state index in [1.807, 2.05) is 32.0 Å². The Morgan fingerprint density at radius 3 is 2.58 bits per heavy atom. The summed E-state index contributed by atoms with van der Waals surface area (Å²) in [4.78, 5) is 12.7. The first-order valence-electron chi connectivity index (χ1n) is 12.2. The van der Waals surface area contributed by atoms with Crippen LogP contribution in [-0.2, 0) is 0 Å². The number of hydrogen-bond acceptors (Lipinski definition) is 8. The Hall–Kier alpha value is -3.93. The van der Waals surface area contributed by atoms with E-state index in [1.165, 1.54) is 12.3 Å². The van der Waals surface area contributed by atoms with E-state index in [0.717, 1.165) is 11.2 Å². The minimum absolute atomic E-state index is 0.129. The lowest BCUT2D eigenvalue weighted by molar-refractivity contribution is -0.154. The average molecular weight is 529 g/mol. The van der Waals surface area contributed by atoms with Gasteiger partial charge in [-0.05, 0) is 57.2 Å². The summed E-state index contributed by atoms with van der Waals surface area (Å²) in [6.45, 7) is 2.25. The molecule has 1 aliphatic carbocycles. The molecule has 2 N–H and O–H groups in total. The van der Waals surface area contributed by atoms with Crippen molar-refractivity contribution < 1.29 is 27.8 Å². The molecule has 0 spiro atoms. The van der Waals surface area contributed by atoms with E-state index >= 15 is 0 Å². The number of nitrogens with zero attached hydrogens (tertiary/aromatic N) is 5. The molecule has 0 aromatic carbocycles. The molecule has 38 heavy (non-hydrogen) atoms. The van der Waals surface area contributed by atoms with Gasteiger partial charge in [-0.3, -0.25) is 0 Å². The molecule has 0 amide bonds. The van der Waals surface area contributed by atoms with Crippen LogP contribution in [0.2, 0.25) is 0 Å². The summed E-state index contributed by atoms with van der Waals surface area (Å²) in [5.41, 5.74) is 2.81. The normalized spacial score (nSPS) is 17.9. The van der Waals surface area contributed by atoms with E-state index in [4.69, 9.17) is 9.47 Å². The number of nitrogens with one attached hydrogen (secondary N) is 1. The van der Waals surface area contributed by atoms with Gasteiger partial charge in [0.1, 0.15) is 17.4 Å². The Labute approximate surface area is 216 Å². The van der Waals surface area contributed by atoms with Crippen LogP contribution < -0.4 is 14.8 Å². The third-order valence-electron chi connectivity index (χ3n) is 6.16. The quantitative estimate of drug-likeness (QED) is 0.338. The molecule has 0 unspecified atom stereocenters. The topological polar surface area (TPSA) is 107 Å². The molecule has 4 aromatic rings. The van der Waals surface area contributed by atoms with Crippen molar-refractivity contribution in [2.45, 2.75) is 57.9 Å². The van der Waals surface area contributed by atoms with Crippen molar-refractivity contribution in [3.8, 4) is 22.8 Å². The van der Waals surface area contributed by atoms with E-state index < -0.39 is 12.8 Å². The number of aliphatic hydroxyl groups is 1. The second kappa shape index (κ2) is 10.4. The van der Waals surface area contributed by atoms with Crippen LogP contribution in [0.25, 0.3) is 16.6 Å². The van der Waals surface area contributed by atoms with Gasteiger partial charge < -0.3 is 19.9 Å². The molecule has 4 aromatic heterocycles. The SMILES string of the molecule is Cc1cc(Nc2cc3cc(-c4cc(OCC(F)(F)F)ncc4OC4CCC(O)CC4)ccn3n2)nc(C)n1. The molecule has 1 fully saturated rings. The molecule has 200 valence electrons. The van der Waals surface area contributed by atoms with Gasteiger partial charge in [-0.2, -0.15) is 18.3 Å². The number of alkyl halides is 3. The van der Waals surface area contributed by atoms with Crippen molar-refractivity contribution in [1.29, 1.82) is 0 Å². The first-order chi connectivity index (χ1) is 18.1. The zero-order chi connectivity index (χ0) is 26.9. The molecule has 5 rings (SSSR count). The molecule has 0 saturated heterocycles. The predicted octanol–water partition coefficient (Wildman–Crippen LogP) is 5.17. The van der Waals surface area contributed by atoms with Gasteiger partial charge in [0.25, 0.3) is 0 Å². The largest absolute Gasteiger partial charge is 0.488 e. The number of rotatable bonds is 7. The standard InChI is InChI=1S/C26H27F3N6O3/c1-15-9-23(32-16(2)31-15)33-24-11-18-10-17(7-8-35(18)34-24)21-12-25(37-14-26(27,28)29)30-13-22(21)38-20-5-3-19(36)4-6-20/h7-13,19-20,36H,3-6,14H2,1-2H3,(H,31,32,33,34). The highest BCUT2D eigenvalue weighted by Gasteiger charge is 2.29. The van der Waals surface area contributed by atoms with Crippen LogP contribution in [0.3, 0.4) is 0 Å². The summed E-state index contributed by atoms with van der Waals surface area (Å²) >= 11 is 0. The molecule has 0 aliphatic heterocycles. The summed E-state index contributed by atoms with van der Waals surface area (Å²) in [5.74, 6) is 2.10. The Balaban J connectivity index is 1.45. The van der Waals surface area contributed by atoms with E-state index in [-0.39, 0.29) is 18.1 Å². The van der Waals surface area contributed by atoms with Crippen molar-refractivity contribution in [2.75, 3.05) is 11.9 Å². The number of aryl methyl sites for hydroxylation is 2. The van der Waals surface area contributed by atoms with Crippen molar-refractivity contribution in [3.05, 3.63) is 54.2 Å². The molecule has 12 heteroatoms. The van der Waals surface area contributed by atoms with E-state index in [0.29, 0.717) is 60.0 Å². The number of fused-ring (bicyclic) bond motifs is 1. The minimum Gasteiger partial charge on any atom is -0.488 e. The number of pyridine rings is 2. The number of aromatic nitrogens is 5. The van der Waals surface area contributed by atoms with Crippen LogP contribution in [0.5, 0.6) is 11.6 Å². The molecule has 1 aliphatic rings. The van der Waals surface area contributed by atoms with Crippen LogP contribution in [0.1, 0.15) is 37.2 Å². The Morgan fingerprint density at radius 2 is 1.84 bits per heavy atom. The van der Waals surface area contributed by atoms with Crippen LogP contribution in [-0.4, -0.2) is 54.7 Å². The number of halogens is 3. The maximum atomic E-state index is 12.7. The average Bonchev–Trinajstić information content (AvgIpc) is 3.25. The fourth-order valence-corrected chi connectivity index (χ4v) is 4.46. The van der Waals surface area contributed by atoms with Gasteiger partial charge in [0.15, 0.2) is 12.4 Å². The van der Waals surface area contributed by atoms with Crippen molar-refractivity contribution in [1.82, 2.24) is 24.6 Å². The van der Waals surface area contributed by atoms with Gasteiger partial charge in [0.2, 0.25) is 5.88 Å². The summed E-state index contributed by atoms with van der Waals surface area (Å²) < 4.78 is 51.0. The molecule has 9 nitrogen and oxygen atoms in total. The second-order valence-electron chi connectivity index (χ2n) is 9.35. The van der Waals surface area contributed by atoms with E-state index in [9.17, 15) is 18.3 Å². The zero-order valence-electron chi connectivity index (χ0n) is 20.9. The summed E-state index contributed by atoms with van der Waals surface area (Å²) in [7, 11) is 0. The second-order valence-corrected chi connectivity index (χ2v) is 9.35. The van der Waals surface area contributed by atoms with Gasteiger partial charge in [-0.25, -0.2) is 19.5 Å². The molecular weight excluding hydrogens is 501 g/mol. The maximum Gasteiger partial charge on any atom is 0.422 e. The molecule has 4 heterocycles. The van der Waals surface area contributed by atoms with Crippen LogP contribution in [0, 0.1) is 13.8 Å². The first-order valence-corrected chi connectivity index (χ1v) is 12.2. The van der Waals surface area contributed by atoms with Gasteiger partial charge in [0, 0.05) is 35.7 Å². The first kappa shape index (κ1) is 25.7. The third-order valence-corrected chi connectivity index (χ3v) is 6.16. The lowest BCUT2D eigenvalue weighted by Crippen LogP contribution is -2.26. The monoisotopic (exact) mass is 528 g/mol. The fraction of sp³-hybridized carbons (Fsp3) is 0.385. The highest BCUT2D eigenvalue weighted by molar-refractivity contribution is 5.75. The Kier molecular flexibility index (Phi) is 7.06. The highest BCUT2D eigenvalue weighted by Crippen LogP contribution is 2.36. The maximum absolute atomic E-state index is 12.7. The van der Waals surface area contributed by atoms with Crippen LogP contribution in [0.15, 0.2) is 42.7 Å². The lowest BCUT2D eigenvalue weighted by atomic mass is 9.95. The number of hydrogen-bond donors (Lipinski definition) is 2. The van der Waals surface area contributed by atoms with Gasteiger partial charge >= 0.3 is 6.18 Å². The van der Waals surface area contributed by atoms with Gasteiger partial charge in [-0.15, -0.1) is 0 Å². The Morgan fingerprint density at radius 1 is 1.05 bits per heavy atom. The minimum atomic E-state index is -4.49. The number of aliphatic hydroxyl groups excluding tert-OH is 1. The molecule has 0 bridgehead atoms. The number of ether oxygens (including phenoxy) is 2. The number of anilines is 2. The molecular formula is C26H27F3N6O3. The van der Waals surface area contributed by atoms with E-state index in [2.05, 4.69) is 25.4 Å². The predicted molar refractivity (Wildman–Crippen MR) is 134 cm³/mol. The third kappa shape index (κ3) is 6.31. The Bertz CT molecular complexity index is 1410. The van der Waals surface area contributed by atoms with Crippen molar-refractivity contribution >= 4 is 17.2 Å². The fourth-order valence-electron chi connectivity index (χ4n) is 4.46. The smallest absolute Gasteiger partial charge is 0.422 e. The van der Waals surface area contributed by atoms with Crippen molar-refractivity contribution in [2.24, 2.45) is 0 Å². The molecule has 1 saturated carbocycles. The van der Waals surface area contributed by atoms with Crippen LogP contribution in [0.4, 0.5) is 24.8 Å². The lowest BCUT2D eigenvalue weighted by Gasteiger charge is -2.27. The van der Waals surface area contributed by atoms with Gasteiger partial charge in [0.05, 0.1) is 23.9 Å².